The summed E-state index contributed by atoms with van der Waals surface area (Å²) in [6.07, 6.45) is 3.04. The highest BCUT2D eigenvalue weighted by atomic mass is 79.9. The van der Waals surface area contributed by atoms with E-state index in [1.807, 2.05) is 0 Å². The van der Waals surface area contributed by atoms with Gasteiger partial charge in [0.2, 0.25) is 0 Å². The van der Waals surface area contributed by atoms with E-state index in [4.69, 9.17) is 7.85 Å². The number of hydrogen-bond acceptors (Lipinski definition) is 2. The minimum atomic E-state index is 0.438. The molecule has 0 saturated heterocycles. The van der Waals surface area contributed by atoms with Gasteiger partial charge in [0.15, 0.2) is 0 Å². The van der Waals surface area contributed by atoms with Crippen LogP contribution in [-0.2, 0) is 0 Å². The molecule has 0 spiro atoms. The Morgan fingerprint density at radius 3 is 2.50 bits per heavy atom. The molecule has 0 amide bonds. The summed E-state index contributed by atoms with van der Waals surface area (Å²) in [6.45, 7) is 0. The molecule has 0 unspecified atom stereocenters. The third-order valence-corrected chi connectivity index (χ3v) is 1.05. The first kappa shape index (κ1) is 5.76. The average molecular weight is 169 g/mol. The van der Waals surface area contributed by atoms with Crippen molar-refractivity contribution in [2.24, 2.45) is 0 Å². The Morgan fingerprint density at radius 1 is 1.38 bits per heavy atom. The number of nitrogens with zero attached hydrogens (tertiary/aromatic N) is 2. The van der Waals surface area contributed by atoms with Gasteiger partial charge in [-0.25, -0.2) is 4.98 Å². The van der Waals surface area contributed by atoms with Gasteiger partial charge in [0.1, 0.15) is 12.4 Å². The Labute approximate surface area is 56.9 Å². The van der Waals surface area contributed by atoms with Crippen LogP contribution >= 0.6 is 15.9 Å². The van der Waals surface area contributed by atoms with E-state index in [9.17, 15) is 0 Å². The Bertz CT molecular complexity index is 153. The predicted octanol–water partition coefficient (Wildman–Crippen LogP) is 0.0329. The van der Waals surface area contributed by atoms with Crippen LogP contribution in [0.2, 0.25) is 0 Å². The minimum absolute atomic E-state index is 0.438. The molecule has 1 rings (SSSR count). The first-order valence-corrected chi connectivity index (χ1v) is 2.81. The van der Waals surface area contributed by atoms with Crippen LogP contribution in [0.4, 0.5) is 0 Å². The first-order valence-electron chi connectivity index (χ1n) is 2.02. The Kier molecular flexibility index (Phi) is 1.63. The maximum absolute atomic E-state index is 5.23. The van der Waals surface area contributed by atoms with Gasteiger partial charge in [0.25, 0.3) is 0 Å². The second kappa shape index (κ2) is 2.26. The van der Waals surface area contributed by atoms with Gasteiger partial charge in [-0.05, 0) is 15.9 Å². The fourth-order valence-corrected chi connectivity index (χ4v) is 0.527. The summed E-state index contributed by atoms with van der Waals surface area (Å²) in [7, 11) is 5.23. The highest BCUT2D eigenvalue weighted by Gasteiger charge is 1.84. The van der Waals surface area contributed by atoms with Crippen molar-refractivity contribution in [2.45, 2.75) is 0 Å². The van der Waals surface area contributed by atoms with Gasteiger partial charge < -0.3 is 0 Å². The van der Waals surface area contributed by atoms with E-state index >= 15 is 0 Å². The van der Waals surface area contributed by atoms with Crippen LogP contribution in [0, 0.1) is 0 Å². The Morgan fingerprint density at radius 2 is 2.12 bits per heavy atom. The monoisotopic (exact) mass is 168 g/mol. The molecule has 0 fully saturated rings. The highest BCUT2D eigenvalue weighted by molar-refractivity contribution is 9.10. The van der Waals surface area contributed by atoms with Gasteiger partial charge >= 0.3 is 0 Å². The van der Waals surface area contributed by atoms with Gasteiger partial charge in [-0.2, -0.15) is 0 Å². The van der Waals surface area contributed by atoms with Crippen molar-refractivity contribution in [2.75, 3.05) is 0 Å². The van der Waals surface area contributed by atoms with Crippen LogP contribution in [0.3, 0.4) is 0 Å². The van der Waals surface area contributed by atoms with E-state index < -0.39 is 0 Å². The fraction of sp³-hybridized carbons (Fsp3) is 0. The minimum Gasteiger partial charge on any atom is -0.268 e. The van der Waals surface area contributed by atoms with Crippen molar-refractivity contribution in [1.29, 1.82) is 0 Å². The summed E-state index contributed by atoms with van der Waals surface area (Å²) in [4.78, 5) is 7.55. The summed E-state index contributed by atoms with van der Waals surface area (Å²) < 4.78 is 0.701. The van der Waals surface area contributed by atoms with Crippen molar-refractivity contribution in [3.8, 4) is 0 Å². The number of hydrogen-bond donors (Lipinski definition) is 0. The average Bonchev–Trinajstić information content (AvgIpc) is 1.77. The second-order valence-electron chi connectivity index (χ2n) is 1.26. The highest BCUT2D eigenvalue weighted by Crippen LogP contribution is 1.96. The maximum atomic E-state index is 5.23. The van der Waals surface area contributed by atoms with E-state index in [0.29, 0.717) is 10.2 Å². The molecule has 0 aromatic carbocycles. The van der Waals surface area contributed by atoms with Gasteiger partial charge in [-0.1, -0.05) is 0 Å². The summed E-state index contributed by atoms with van der Waals surface area (Å²) in [5.74, 6) is 0. The smallest absolute Gasteiger partial charge is 0.143 e. The van der Waals surface area contributed by atoms with E-state index in [-0.39, 0.29) is 0 Å². The molecule has 0 saturated carbocycles. The molecule has 1 heterocycles. The molecule has 0 atom stereocenters. The molecule has 0 aliphatic heterocycles. The first-order chi connectivity index (χ1) is 3.79. The SMILES string of the molecule is [B]c1cnc(Br)cn1. The van der Waals surface area contributed by atoms with E-state index in [1.54, 1.807) is 6.20 Å². The lowest BCUT2D eigenvalue weighted by Crippen LogP contribution is -2.07. The third-order valence-electron chi connectivity index (χ3n) is 0.640. The summed E-state index contributed by atoms with van der Waals surface area (Å²) in [6, 6.07) is 0. The molecule has 0 bridgehead atoms. The lowest BCUT2D eigenvalue weighted by Gasteiger charge is -1.87. The van der Waals surface area contributed by atoms with Crippen LogP contribution in [0.5, 0.6) is 0 Å². The van der Waals surface area contributed by atoms with Gasteiger partial charge in [-0.3, -0.25) is 4.98 Å². The van der Waals surface area contributed by atoms with Crippen molar-refractivity contribution in [3.63, 3.8) is 0 Å². The zero-order valence-electron chi connectivity index (χ0n) is 4.00. The Hall–Kier alpha value is -0.375. The lowest BCUT2D eigenvalue weighted by atomic mass is 10.1. The molecule has 8 heavy (non-hydrogen) atoms. The van der Waals surface area contributed by atoms with Gasteiger partial charge in [0, 0.05) is 11.8 Å². The lowest BCUT2D eigenvalue weighted by molar-refractivity contribution is 1.20. The largest absolute Gasteiger partial charge is 0.268 e. The van der Waals surface area contributed by atoms with Crippen LogP contribution in [0.15, 0.2) is 17.0 Å². The van der Waals surface area contributed by atoms with Crippen LogP contribution in [-0.4, -0.2) is 17.8 Å². The normalized spacial score (nSPS) is 9.12. The van der Waals surface area contributed by atoms with Crippen molar-refractivity contribution in [1.82, 2.24) is 9.97 Å². The van der Waals surface area contributed by atoms with Crippen molar-refractivity contribution >= 4 is 29.4 Å². The topological polar surface area (TPSA) is 25.8 Å². The number of halogens is 1. The fourth-order valence-electron chi connectivity index (χ4n) is 0.322. The van der Waals surface area contributed by atoms with Crippen molar-refractivity contribution in [3.05, 3.63) is 17.0 Å². The molecule has 1 aromatic rings. The second-order valence-corrected chi connectivity index (χ2v) is 2.08. The molecule has 4 heteroatoms. The molecule has 0 aliphatic rings. The van der Waals surface area contributed by atoms with Crippen LogP contribution in [0.1, 0.15) is 0 Å². The molecule has 2 radical (unpaired) electrons. The molecule has 0 N–H and O–H groups in total. The summed E-state index contributed by atoms with van der Waals surface area (Å²) in [5.41, 5.74) is 0.438. The molecular formula is C4H2BBrN2. The molecule has 1 aromatic heterocycles. The quantitative estimate of drug-likeness (QED) is 0.512. The van der Waals surface area contributed by atoms with Gasteiger partial charge in [0.05, 0.1) is 6.20 Å². The zero-order chi connectivity index (χ0) is 5.98. The Balaban J connectivity index is 3.03. The predicted molar refractivity (Wildman–Crippen MR) is 35.1 cm³/mol. The number of rotatable bonds is 0. The van der Waals surface area contributed by atoms with E-state index in [0.717, 1.165) is 0 Å². The summed E-state index contributed by atoms with van der Waals surface area (Å²) in [5, 5.41) is 0. The van der Waals surface area contributed by atoms with Crippen LogP contribution in [0.25, 0.3) is 0 Å². The molecule has 38 valence electrons. The molecule has 2 nitrogen and oxygen atoms in total. The van der Waals surface area contributed by atoms with Gasteiger partial charge in [-0.15, -0.1) is 0 Å². The van der Waals surface area contributed by atoms with Crippen molar-refractivity contribution < 1.29 is 0 Å². The zero-order valence-corrected chi connectivity index (χ0v) is 5.59. The van der Waals surface area contributed by atoms with Crippen LogP contribution < -0.4 is 5.59 Å². The van der Waals surface area contributed by atoms with E-state index in [1.165, 1.54) is 6.20 Å². The number of aromatic nitrogens is 2. The standard InChI is InChI=1S/C4H2BBrN2/c5-3-1-8-4(6)2-7-3/h1-2H. The van der Waals surface area contributed by atoms with E-state index in [2.05, 4.69) is 25.9 Å². The molecule has 0 aliphatic carbocycles. The summed E-state index contributed by atoms with van der Waals surface area (Å²) >= 11 is 3.12. The third kappa shape index (κ3) is 1.30. The maximum Gasteiger partial charge on any atom is 0.143 e. The molecular weight excluding hydrogens is 167 g/mol.